The first-order valence-electron chi connectivity index (χ1n) is 22.6. The predicted molar refractivity (Wildman–Crippen MR) is 234 cm³/mol. The molecule has 0 aliphatic rings. The van der Waals surface area contributed by atoms with Crippen molar-refractivity contribution in [3.05, 3.63) is 0 Å². The number of unbranched alkanes of at least 4 members (excludes halogenated alkanes) is 21. The maximum absolute atomic E-state index is 12.7. The number of alkyl carbamates (subject to hydrolysis) is 1. The Morgan fingerprint density at radius 2 is 1.02 bits per heavy atom. The molecule has 0 aliphatic carbocycles. The lowest BCUT2D eigenvalue weighted by atomic mass is 10.0. The molecule has 0 aliphatic heterocycles. The number of nitrogens with two attached hydrogens (primary N) is 1. The van der Waals surface area contributed by atoms with E-state index in [-0.39, 0.29) is 31.9 Å². The second-order valence-corrected chi connectivity index (χ2v) is 18.0. The van der Waals surface area contributed by atoms with Gasteiger partial charge in [-0.1, -0.05) is 149 Å². The van der Waals surface area contributed by atoms with Gasteiger partial charge in [0, 0.05) is 31.2 Å². The molecule has 2 atom stereocenters. The Morgan fingerprint density at radius 3 is 1.53 bits per heavy atom. The zero-order chi connectivity index (χ0) is 41.9. The standard InChI is InChI=1S/C42H86N3O10PS/c1-3-5-7-9-11-13-15-16-17-18-20-22-24-26-45-42(47)55-39(36-54-28-25-23-21-19-14-12-10-8-6-4-2)37-57-38-40(43)41(46)44-27-29-51-30-31-52-32-33-53-34-35-56(48,49)50/h39-40H,3-38,43H2,1-2H3,(H,44,46)(H,45,47)(H2,48,49,50)/t39-,40+/m1/s1. The molecule has 0 aromatic heterocycles. The first kappa shape index (κ1) is 56.0. The van der Waals surface area contributed by atoms with Crippen LogP contribution in [0.15, 0.2) is 0 Å². The summed E-state index contributed by atoms with van der Waals surface area (Å²) in [5.41, 5.74) is 6.14. The van der Waals surface area contributed by atoms with Gasteiger partial charge in [0.2, 0.25) is 5.91 Å². The van der Waals surface area contributed by atoms with Crippen molar-refractivity contribution in [3.8, 4) is 0 Å². The number of amides is 2. The lowest BCUT2D eigenvalue weighted by Gasteiger charge is -2.19. The molecule has 6 N–H and O–H groups in total. The molecule has 15 heteroatoms. The van der Waals surface area contributed by atoms with E-state index in [9.17, 15) is 14.2 Å². The van der Waals surface area contributed by atoms with E-state index in [0.717, 1.165) is 25.7 Å². The molecule has 0 fully saturated rings. The van der Waals surface area contributed by atoms with Crippen LogP contribution in [0.3, 0.4) is 0 Å². The fourth-order valence-electron chi connectivity index (χ4n) is 6.05. The number of rotatable bonds is 45. The van der Waals surface area contributed by atoms with Gasteiger partial charge in [0.1, 0.15) is 6.10 Å². The maximum atomic E-state index is 12.7. The average molecular weight is 856 g/mol. The van der Waals surface area contributed by atoms with Gasteiger partial charge in [-0.3, -0.25) is 9.36 Å². The van der Waals surface area contributed by atoms with Gasteiger partial charge in [-0.25, -0.2) is 4.79 Å². The normalized spacial score (nSPS) is 12.8. The summed E-state index contributed by atoms with van der Waals surface area (Å²) in [6.07, 6.45) is 28.0. The zero-order valence-electron chi connectivity index (χ0n) is 36.2. The van der Waals surface area contributed by atoms with Crippen LogP contribution in [0.4, 0.5) is 4.79 Å². The summed E-state index contributed by atoms with van der Waals surface area (Å²) in [5.74, 6) is 0.568. The number of carbonyl (C=O) groups is 2. The SMILES string of the molecule is CCCCCCCCCCCCCCCNC(=O)O[C@H](COCCCCCCCCCCCC)CSC[C@H](N)C(=O)NCCOCCOCCOCCP(=O)(O)O. The van der Waals surface area contributed by atoms with E-state index in [0.29, 0.717) is 57.6 Å². The Balaban J connectivity index is 4.27. The van der Waals surface area contributed by atoms with Crippen molar-refractivity contribution >= 4 is 31.4 Å². The van der Waals surface area contributed by atoms with Crippen LogP contribution in [0.1, 0.15) is 162 Å². The van der Waals surface area contributed by atoms with Crippen LogP contribution in [0.2, 0.25) is 0 Å². The third kappa shape index (κ3) is 44.4. The fraction of sp³-hybridized carbons (Fsp3) is 0.952. The summed E-state index contributed by atoms with van der Waals surface area (Å²) >= 11 is 1.47. The summed E-state index contributed by atoms with van der Waals surface area (Å²) < 4.78 is 38.4. The van der Waals surface area contributed by atoms with E-state index in [4.69, 9.17) is 39.2 Å². The third-order valence-corrected chi connectivity index (χ3v) is 11.5. The highest BCUT2D eigenvalue weighted by molar-refractivity contribution is 7.99. The van der Waals surface area contributed by atoms with E-state index in [1.54, 1.807) is 0 Å². The summed E-state index contributed by atoms with van der Waals surface area (Å²) in [6.45, 7) is 7.80. The lowest BCUT2D eigenvalue weighted by Crippen LogP contribution is -2.43. The highest BCUT2D eigenvalue weighted by atomic mass is 32.2. The number of ether oxygens (including phenoxy) is 5. The number of hydrogen-bond donors (Lipinski definition) is 5. The van der Waals surface area contributed by atoms with Gasteiger partial charge in [-0.15, -0.1) is 0 Å². The van der Waals surface area contributed by atoms with Crippen LogP contribution in [0.25, 0.3) is 0 Å². The van der Waals surface area contributed by atoms with Crippen molar-refractivity contribution in [2.75, 3.05) is 83.6 Å². The van der Waals surface area contributed by atoms with Crippen molar-refractivity contribution in [2.24, 2.45) is 5.73 Å². The minimum absolute atomic E-state index is 0.0243. The minimum atomic E-state index is -4.04. The molecule has 0 radical (unpaired) electrons. The van der Waals surface area contributed by atoms with Crippen molar-refractivity contribution in [2.45, 2.75) is 174 Å². The Morgan fingerprint density at radius 1 is 0.561 bits per heavy atom. The summed E-state index contributed by atoms with van der Waals surface area (Å²) in [7, 11) is -4.04. The Labute approximate surface area is 351 Å². The largest absolute Gasteiger partial charge is 0.443 e. The van der Waals surface area contributed by atoms with Gasteiger partial charge in [0.05, 0.1) is 58.5 Å². The highest BCUT2D eigenvalue weighted by Crippen LogP contribution is 2.33. The Kier molecular flexibility index (Phi) is 42.4. The smallest absolute Gasteiger partial charge is 0.407 e. The minimum Gasteiger partial charge on any atom is -0.443 e. The van der Waals surface area contributed by atoms with Crippen LogP contribution < -0.4 is 16.4 Å². The van der Waals surface area contributed by atoms with E-state index in [2.05, 4.69) is 24.5 Å². The number of nitrogens with one attached hydrogen (secondary N) is 2. The third-order valence-electron chi connectivity index (χ3n) is 9.52. The van der Waals surface area contributed by atoms with Gasteiger partial charge in [-0.05, 0) is 12.8 Å². The Hall–Kier alpha value is -0.960. The molecular formula is C42H86N3O10PS. The number of thioether (sulfide) groups is 1. The van der Waals surface area contributed by atoms with Crippen LogP contribution >= 0.6 is 19.4 Å². The van der Waals surface area contributed by atoms with Gasteiger partial charge >= 0.3 is 13.7 Å². The van der Waals surface area contributed by atoms with E-state index >= 15 is 0 Å². The molecule has 0 aromatic carbocycles. The Bertz CT molecular complexity index is 936. The summed E-state index contributed by atoms with van der Waals surface area (Å²) in [6, 6.07) is -0.721. The molecule has 0 rings (SSSR count). The molecule has 0 heterocycles. The first-order chi connectivity index (χ1) is 27.7. The van der Waals surface area contributed by atoms with Crippen LogP contribution in [-0.2, 0) is 33.0 Å². The molecule has 13 nitrogen and oxygen atoms in total. The van der Waals surface area contributed by atoms with Gasteiger partial charge in [-0.2, -0.15) is 11.8 Å². The topological polar surface area (TPSA) is 188 Å². The van der Waals surface area contributed by atoms with Gasteiger partial charge in [0.25, 0.3) is 0 Å². The average Bonchev–Trinajstić information content (AvgIpc) is 3.18. The predicted octanol–water partition coefficient (Wildman–Crippen LogP) is 8.51. The first-order valence-corrected chi connectivity index (χ1v) is 25.6. The molecule has 340 valence electrons. The van der Waals surface area contributed by atoms with Crippen molar-refractivity contribution in [1.82, 2.24) is 10.6 Å². The summed E-state index contributed by atoms with van der Waals surface area (Å²) in [5, 5.41) is 5.69. The molecule has 0 saturated heterocycles. The monoisotopic (exact) mass is 856 g/mol. The van der Waals surface area contributed by atoms with E-state index in [1.165, 1.54) is 134 Å². The second-order valence-electron chi connectivity index (χ2n) is 15.1. The molecule has 0 bridgehead atoms. The van der Waals surface area contributed by atoms with Crippen molar-refractivity contribution < 1.29 is 47.6 Å². The molecule has 0 unspecified atom stereocenters. The molecule has 0 saturated carbocycles. The second kappa shape index (κ2) is 43.1. The van der Waals surface area contributed by atoms with E-state index in [1.807, 2.05) is 0 Å². The van der Waals surface area contributed by atoms with Crippen LogP contribution in [0, 0.1) is 0 Å². The van der Waals surface area contributed by atoms with E-state index < -0.39 is 25.8 Å². The van der Waals surface area contributed by atoms with Crippen LogP contribution in [0.5, 0.6) is 0 Å². The number of carbonyl (C=O) groups excluding carboxylic acids is 2. The lowest BCUT2D eigenvalue weighted by molar-refractivity contribution is -0.122. The zero-order valence-corrected chi connectivity index (χ0v) is 37.9. The fourth-order valence-corrected chi connectivity index (χ4v) is 7.39. The molecule has 57 heavy (non-hydrogen) atoms. The van der Waals surface area contributed by atoms with Gasteiger partial charge < -0.3 is 49.8 Å². The molecule has 0 spiro atoms. The molecule has 0 aromatic rings. The quantitative estimate of drug-likeness (QED) is 0.0291. The van der Waals surface area contributed by atoms with Crippen molar-refractivity contribution in [1.29, 1.82) is 0 Å². The maximum Gasteiger partial charge on any atom is 0.407 e. The summed E-state index contributed by atoms with van der Waals surface area (Å²) in [4.78, 5) is 42.8. The van der Waals surface area contributed by atoms with Crippen LogP contribution in [-0.4, -0.2) is 118 Å². The van der Waals surface area contributed by atoms with Crippen molar-refractivity contribution in [3.63, 3.8) is 0 Å². The highest BCUT2D eigenvalue weighted by Gasteiger charge is 2.18. The molecular weight excluding hydrogens is 770 g/mol. The van der Waals surface area contributed by atoms with Gasteiger partial charge in [0.15, 0.2) is 0 Å². The molecule has 2 amide bonds. The number of hydrogen-bond acceptors (Lipinski definition) is 10.